The highest BCUT2D eigenvalue weighted by molar-refractivity contribution is 5.74. The van der Waals surface area contributed by atoms with Crippen molar-refractivity contribution in [2.75, 3.05) is 6.54 Å². The van der Waals surface area contributed by atoms with Crippen molar-refractivity contribution in [2.24, 2.45) is 11.8 Å². The lowest BCUT2D eigenvalue weighted by atomic mass is 9.94. The van der Waals surface area contributed by atoms with E-state index < -0.39 is 5.97 Å². The SMILES string of the molecule is CCn1ncnc1CN1CC2CCCC2C1C(=O)O. The third-order valence-corrected chi connectivity index (χ3v) is 4.58. The van der Waals surface area contributed by atoms with Crippen LogP contribution in [-0.2, 0) is 17.9 Å². The first-order valence-electron chi connectivity index (χ1n) is 7.04. The maximum atomic E-state index is 11.6. The lowest BCUT2D eigenvalue weighted by molar-refractivity contribution is -0.143. The fourth-order valence-electron chi connectivity index (χ4n) is 3.75. The van der Waals surface area contributed by atoms with Crippen LogP contribution in [0.1, 0.15) is 32.0 Å². The van der Waals surface area contributed by atoms with Crippen LogP contribution in [0.2, 0.25) is 0 Å². The van der Waals surface area contributed by atoms with Gasteiger partial charge in [0.2, 0.25) is 0 Å². The molecule has 0 aromatic carbocycles. The Morgan fingerprint density at radius 1 is 1.53 bits per heavy atom. The van der Waals surface area contributed by atoms with Crippen LogP contribution in [0.4, 0.5) is 0 Å². The van der Waals surface area contributed by atoms with E-state index in [0.29, 0.717) is 18.4 Å². The number of aliphatic carboxylic acids is 1. The van der Waals surface area contributed by atoms with Gasteiger partial charge in [-0.05, 0) is 31.6 Å². The summed E-state index contributed by atoms with van der Waals surface area (Å²) in [5.41, 5.74) is 0. The van der Waals surface area contributed by atoms with Crippen LogP contribution in [0.5, 0.6) is 0 Å². The van der Waals surface area contributed by atoms with Gasteiger partial charge in [0.15, 0.2) is 0 Å². The van der Waals surface area contributed by atoms with Crippen LogP contribution < -0.4 is 0 Å². The highest BCUT2D eigenvalue weighted by Gasteiger charge is 2.47. The molecule has 1 aliphatic heterocycles. The number of fused-ring (bicyclic) bond motifs is 1. The number of nitrogens with zero attached hydrogens (tertiary/aromatic N) is 4. The van der Waals surface area contributed by atoms with Gasteiger partial charge in [-0.15, -0.1) is 0 Å². The largest absolute Gasteiger partial charge is 0.480 e. The molecule has 1 saturated carbocycles. The Labute approximate surface area is 112 Å². The smallest absolute Gasteiger partial charge is 0.321 e. The average molecular weight is 264 g/mol. The Bertz CT molecular complexity index is 473. The molecular formula is C13H20N4O2. The molecule has 0 amide bonds. The van der Waals surface area contributed by atoms with Crippen molar-refractivity contribution in [3.63, 3.8) is 0 Å². The molecule has 1 saturated heterocycles. The summed E-state index contributed by atoms with van der Waals surface area (Å²) in [4.78, 5) is 17.9. The second-order valence-electron chi connectivity index (χ2n) is 5.56. The number of carboxylic acid groups (broad SMARTS) is 1. The van der Waals surface area contributed by atoms with Crippen molar-refractivity contribution in [1.29, 1.82) is 0 Å². The van der Waals surface area contributed by atoms with Crippen molar-refractivity contribution in [3.8, 4) is 0 Å². The molecule has 2 heterocycles. The zero-order valence-corrected chi connectivity index (χ0v) is 11.2. The van der Waals surface area contributed by atoms with Gasteiger partial charge in [-0.3, -0.25) is 9.69 Å². The van der Waals surface area contributed by atoms with Gasteiger partial charge >= 0.3 is 5.97 Å². The fraction of sp³-hybridized carbons (Fsp3) is 0.769. The lowest BCUT2D eigenvalue weighted by Crippen LogP contribution is -2.39. The zero-order chi connectivity index (χ0) is 13.4. The van der Waals surface area contributed by atoms with E-state index in [-0.39, 0.29) is 6.04 Å². The maximum Gasteiger partial charge on any atom is 0.321 e. The Morgan fingerprint density at radius 3 is 3.11 bits per heavy atom. The summed E-state index contributed by atoms with van der Waals surface area (Å²) >= 11 is 0. The quantitative estimate of drug-likeness (QED) is 0.878. The van der Waals surface area contributed by atoms with Crippen LogP contribution in [-0.4, -0.2) is 43.3 Å². The molecule has 0 radical (unpaired) electrons. The Hall–Kier alpha value is -1.43. The van der Waals surface area contributed by atoms with Gasteiger partial charge in [0.25, 0.3) is 0 Å². The molecule has 0 bridgehead atoms. The molecule has 3 rings (SSSR count). The molecule has 1 aliphatic carbocycles. The minimum atomic E-state index is -0.683. The summed E-state index contributed by atoms with van der Waals surface area (Å²) in [5, 5.41) is 13.7. The Kier molecular flexibility index (Phi) is 3.26. The number of hydrogen-bond acceptors (Lipinski definition) is 4. The van der Waals surface area contributed by atoms with Gasteiger partial charge in [-0.2, -0.15) is 5.10 Å². The Morgan fingerprint density at radius 2 is 2.37 bits per heavy atom. The number of aryl methyl sites for hydroxylation is 1. The highest BCUT2D eigenvalue weighted by Crippen LogP contribution is 2.42. The molecule has 1 N–H and O–H groups in total. The second-order valence-corrected chi connectivity index (χ2v) is 5.56. The molecule has 0 spiro atoms. The number of rotatable bonds is 4. The zero-order valence-electron chi connectivity index (χ0n) is 11.2. The molecule has 6 heteroatoms. The number of aromatic nitrogens is 3. The maximum absolute atomic E-state index is 11.6. The first kappa shape index (κ1) is 12.6. The normalized spacial score (nSPS) is 30.7. The van der Waals surface area contributed by atoms with Crippen LogP contribution in [0, 0.1) is 11.8 Å². The van der Waals surface area contributed by atoms with Crippen molar-refractivity contribution in [2.45, 2.75) is 45.3 Å². The minimum Gasteiger partial charge on any atom is -0.480 e. The molecular weight excluding hydrogens is 244 g/mol. The predicted octanol–water partition coefficient (Wildman–Crippen LogP) is 0.983. The minimum absolute atomic E-state index is 0.329. The average Bonchev–Trinajstić information content (AvgIpc) is 3.03. The monoisotopic (exact) mass is 264 g/mol. The topological polar surface area (TPSA) is 71.2 Å². The predicted molar refractivity (Wildman–Crippen MR) is 68.4 cm³/mol. The molecule has 2 fully saturated rings. The van der Waals surface area contributed by atoms with Gasteiger partial charge in [0.05, 0.1) is 6.54 Å². The van der Waals surface area contributed by atoms with E-state index >= 15 is 0 Å². The standard InChI is InChI=1S/C13H20N4O2/c1-2-17-11(14-8-15-17)7-16-6-9-4-3-5-10(9)12(16)13(18)19/h8-10,12H,2-7H2,1H3,(H,18,19). The van der Waals surface area contributed by atoms with Crippen molar-refractivity contribution in [3.05, 3.63) is 12.2 Å². The lowest BCUT2D eigenvalue weighted by Gasteiger charge is -2.23. The van der Waals surface area contributed by atoms with Crippen molar-refractivity contribution >= 4 is 5.97 Å². The van der Waals surface area contributed by atoms with Gasteiger partial charge < -0.3 is 5.11 Å². The van der Waals surface area contributed by atoms with E-state index in [2.05, 4.69) is 15.0 Å². The van der Waals surface area contributed by atoms with E-state index in [4.69, 9.17) is 0 Å². The first-order chi connectivity index (χ1) is 9.20. The first-order valence-corrected chi connectivity index (χ1v) is 7.04. The Balaban J connectivity index is 1.78. The number of carboxylic acids is 1. The third-order valence-electron chi connectivity index (χ3n) is 4.58. The van der Waals surface area contributed by atoms with Gasteiger partial charge in [0.1, 0.15) is 18.2 Å². The summed E-state index contributed by atoms with van der Waals surface area (Å²) < 4.78 is 1.84. The highest BCUT2D eigenvalue weighted by atomic mass is 16.4. The van der Waals surface area contributed by atoms with Crippen LogP contribution in [0.15, 0.2) is 6.33 Å². The number of likely N-dealkylation sites (tertiary alicyclic amines) is 1. The molecule has 3 unspecified atom stereocenters. The summed E-state index contributed by atoms with van der Waals surface area (Å²) in [5.74, 6) is 1.07. The summed E-state index contributed by atoms with van der Waals surface area (Å²) in [6, 6.07) is -0.338. The van der Waals surface area contributed by atoms with Gasteiger partial charge in [-0.1, -0.05) is 6.42 Å². The molecule has 3 atom stereocenters. The summed E-state index contributed by atoms with van der Waals surface area (Å²) in [7, 11) is 0. The van der Waals surface area contributed by atoms with Crippen LogP contribution >= 0.6 is 0 Å². The summed E-state index contributed by atoms with van der Waals surface area (Å²) in [6.45, 7) is 4.27. The molecule has 1 aromatic heterocycles. The van der Waals surface area contributed by atoms with Gasteiger partial charge in [0, 0.05) is 13.1 Å². The number of hydrogen-bond donors (Lipinski definition) is 1. The van der Waals surface area contributed by atoms with Crippen molar-refractivity contribution < 1.29 is 9.90 Å². The fourth-order valence-corrected chi connectivity index (χ4v) is 3.75. The summed E-state index contributed by atoms with van der Waals surface area (Å²) in [6.07, 6.45) is 4.95. The molecule has 104 valence electrons. The van der Waals surface area contributed by atoms with Crippen LogP contribution in [0.25, 0.3) is 0 Å². The molecule has 2 aliphatic rings. The molecule has 1 aromatic rings. The number of carbonyl (C=O) groups is 1. The molecule has 19 heavy (non-hydrogen) atoms. The molecule has 6 nitrogen and oxygen atoms in total. The second kappa shape index (κ2) is 4.92. The third kappa shape index (κ3) is 2.14. The van der Waals surface area contributed by atoms with Gasteiger partial charge in [-0.25, -0.2) is 9.67 Å². The van der Waals surface area contributed by atoms with E-state index in [9.17, 15) is 9.90 Å². The van der Waals surface area contributed by atoms with E-state index in [1.54, 1.807) is 6.33 Å². The van der Waals surface area contributed by atoms with E-state index in [0.717, 1.165) is 25.3 Å². The van der Waals surface area contributed by atoms with Crippen molar-refractivity contribution in [1.82, 2.24) is 19.7 Å². The van der Waals surface area contributed by atoms with E-state index in [1.807, 2.05) is 11.6 Å². The van der Waals surface area contributed by atoms with E-state index in [1.165, 1.54) is 12.8 Å². The van der Waals surface area contributed by atoms with Crippen LogP contribution in [0.3, 0.4) is 0 Å².